The maximum absolute atomic E-state index is 5.46. The normalized spacial score (nSPS) is 35.3. The second-order valence-corrected chi connectivity index (χ2v) is 3.68. The molecule has 0 bridgehead atoms. The van der Waals surface area contributed by atoms with Crippen molar-refractivity contribution in [1.29, 1.82) is 0 Å². The first-order valence-electron chi connectivity index (χ1n) is 3.60. The second kappa shape index (κ2) is 3.57. The lowest BCUT2D eigenvalue weighted by Gasteiger charge is -2.10. The fourth-order valence-electron chi connectivity index (χ4n) is 1.17. The monoisotopic (exact) mass is 192 g/mol. The van der Waals surface area contributed by atoms with Crippen LogP contribution in [0.5, 0.6) is 0 Å². The summed E-state index contributed by atoms with van der Waals surface area (Å²) in [5.41, 5.74) is 0. The van der Waals surface area contributed by atoms with Gasteiger partial charge in [0.2, 0.25) is 0 Å². The van der Waals surface area contributed by atoms with E-state index in [2.05, 4.69) is 22.9 Å². The van der Waals surface area contributed by atoms with Crippen LogP contribution in [0.15, 0.2) is 0 Å². The van der Waals surface area contributed by atoms with Crippen molar-refractivity contribution >= 4 is 15.9 Å². The molecule has 0 aromatic carbocycles. The summed E-state index contributed by atoms with van der Waals surface area (Å²) >= 11 is 3.58. The van der Waals surface area contributed by atoms with Crippen molar-refractivity contribution in [2.24, 2.45) is 0 Å². The smallest absolute Gasteiger partial charge is 0.0700 e. The lowest BCUT2D eigenvalue weighted by molar-refractivity contribution is 0.106. The van der Waals surface area contributed by atoms with E-state index < -0.39 is 0 Å². The predicted molar refractivity (Wildman–Crippen MR) is 42.0 cm³/mol. The van der Waals surface area contributed by atoms with E-state index in [4.69, 9.17) is 4.74 Å². The minimum absolute atomic E-state index is 0.495. The summed E-state index contributed by atoms with van der Waals surface area (Å²) in [6.07, 6.45) is 4.11. The molecule has 0 aromatic heterocycles. The summed E-state index contributed by atoms with van der Waals surface area (Å²) < 4.78 is 5.46. The van der Waals surface area contributed by atoms with E-state index >= 15 is 0 Å². The largest absolute Gasteiger partial charge is 0.377 e. The van der Waals surface area contributed by atoms with E-state index in [1.165, 1.54) is 19.3 Å². The minimum Gasteiger partial charge on any atom is -0.377 e. The van der Waals surface area contributed by atoms with Crippen molar-refractivity contribution in [2.75, 3.05) is 6.61 Å². The number of hydrogen-bond acceptors (Lipinski definition) is 1. The minimum atomic E-state index is 0.495. The molecule has 0 radical (unpaired) electrons. The van der Waals surface area contributed by atoms with Crippen molar-refractivity contribution in [2.45, 2.75) is 37.1 Å². The second-order valence-electron chi connectivity index (χ2n) is 2.50. The molecule has 54 valence electrons. The maximum atomic E-state index is 5.46. The molecule has 0 N–H and O–H groups in total. The highest BCUT2D eigenvalue weighted by Gasteiger charge is 2.24. The summed E-state index contributed by atoms with van der Waals surface area (Å²) in [6.45, 7) is 3.14. The highest BCUT2D eigenvalue weighted by molar-refractivity contribution is 9.09. The summed E-state index contributed by atoms with van der Waals surface area (Å²) in [4.78, 5) is 0.623. The lowest BCUT2D eigenvalue weighted by atomic mass is 10.1. The van der Waals surface area contributed by atoms with Gasteiger partial charge in [0.1, 0.15) is 0 Å². The van der Waals surface area contributed by atoms with Crippen molar-refractivity contribution < 1.29 is 4.74 Å². The van der Waals surface area contributed by atoms with Gasteiger partial charge in [-0.2, -0.15) is 0 Å². The van der Waals surface area contributed by atoms with Crippen molar-refractivity contribution in [1.82, 2.24) is 0 Å². The van der Waals surface area contributed by atoms with Gasteiger partial charge in [0.15, 0.2) is 0 Å². The van der Waals surface area contributed by atoms with Crippen LogP contribution in [0.3, 0.4) is 0 Å². The molecule has 2 heteroatoms. The zero-order chi connectivity index (χ0) is 6.69. The van der Waals surface area contributed by atoms with Crippen molar-refractivity contribution in [3.05, 3.63) is 0 Å². The van der Waals surface area contributed by atoms with Crippen LogP contribution in [0, 0.1) is 0 Å². The quantitative estimate of drug-likeness (QED) is 0.611. The van der Waals surface area contributed by atoms with E-state index in [0.717, 1.165) is 6.61 Å². The third-order valence-corrected chi connectivity index (χ3v) is 2.75. The van der Waals surface area contributed by atoms with Gasteiger partial charge < -0.3 is 4.74 Å². The fraction of sp³-hybridized carbons (Fsp3) is 1.00. The molecule has 1 rings (SSSR count). The molecule has 1 aliphatic heterocycles. The number of halogens is 1. The average molecular weight is 193 g/mol. The van der Waals surface area contributed by atoms with Gasteiger partial charge in [-0.3, -0.25) is 0 Å². The molecule has 1 saturated heterocycles. The molecule has 2 atom stereocenters. The van der Waals surface area contributed by atoms with E-state index in [1.807, 2.05) is 0 Å². The van der Waals surface area contributed by atoms with E-state index in [-0.39, 0.29) is 0 Å². The third-order valence-electron chi connectivity index (χ3n) is 1.70. The van der Waals surface area contributed by atoms with Crippen LogP contribution in [-0.2, 0) is 4.74 Å². The van der Waals surface area contributed by atoms with Gasteiger partial charge in [0.05, 0.1) is 6.10 Å². The highest BCUT2D eigenvalue weighted by atomic mass is 79.9. The first-order chi connectivity index (χ1) is 4.34. The number of ether oxygens (including phenoxy) is 1. The Morgan fingerprint density at radius 3 is 2.89 bits per heavy atom. The average Bonchev–Trinajstić information content (AvgIpc) is 2.18. The van der Waals surface area contributed by atoms with Crippen LogP contribution in [-0.4, -0.2) is 17.5 Å². The first kappa shape index (κ1) is 7.55. The molecule has 0 spiro atoms. The van der Waals surface area contributed by atoms with E-state index in [1.54, 1.807) is 0 Å². The van der Waals surface area contributed by atoms with Crippen molar-refractivity contribution in [3.63, 3.8) is 0 Å². The molecule has 1 fully saturated rings. The molecule has 0 saturated carbocycles. The number of hydrogen-bond donors (Lipinski definition) is 0. The Hall–Kier alpha value is 0.440. The van der Waals surface area contributed by atoms with Crippen LogP contribution < -0.4 is 0 Å². The Morgan fingerprint density at radius 1 is 1.67 bits per heavy atom. The number of alkyl halides is 1. The Labute approximate surface area is 64.9 Å². The Morgan fingerprint density at radius 2 is 2.44 bits per heavy atom. The van der Waals surface area contributed by atoms with Crippen LogP contribution in [0.4, 0.5) is 0 Å². The molecule has 0 aliphatic carbocycles. The van der Waals surface area contributed by atoms with Crippen LogP contribution >= 0.6 is 15.9 Å². The third kappa shape index (κ3) is 1.94. The van der Waals surface area contributed by atoms with Crippen LogP contribution in [0.25, 0.3) is 0 Å². The van der Waals surface area contributed by atoms with Gasteiger partial charge in [-0.1, -0.05) is 29.3 Å². The number of rotatable bonds is 2. The maximum Gasteiger partial charge on any atom is 0.0700 e. The zero-order valence-electron chi connectivity index (χ0n) is 5.77. The molecule has 2 unspecified atom stereocenters. The molecular formula is C7H13BrO. The lowest BCUT2D eigenvalue weighted by Crippen LogP contribution is -2.14. The van der Waals surface area contributed by atoms with E-state index in [9.17, 15) is 0 Å². The summed E-state index contributed by atoms with van der Waals surface area (Å²) in [6, 6.07) is 0. The first-order valence-corrected chi connectivity index (χ1v) is 4.52. The van der Waals surface area contributed by atoms with Gasteiger partial charge in [-0.15, -0.1) is 0 Å². The van der Waals surface area contributed by atoms with Crippen LogP contribution in [0.1, 0.15) is 26.2 Å². The summed E-state index contributed by atoms with van der Waals surface area (Å²) in [5, 5.41) is 0. The summed E-state index contributed by atoms with van der Waals surface area (Å²) in [7, 11) is 0. The standard InChI is InChI=1S/C7H13BrO/c1-2-3-7-6(8)4-5-9-7/h6-7H,2-5H2,1H3. The van der Waals surface area contributed by atoms with Gasteiger partial charge in [0.25, 0.3) is 0 Å². The SMILES string of the molecule is CCCC1OCCC1Br. The Bertz CT molecular complexity index is 85.0. The molecule has 1 nitrogen and oxygen atoms in total. The molecule has 1 heterocycles. The van der Waals surface area contributed by atoms with Crippen molar-refractivity contribution in [3.8, 4) is 0 Å². The van der Waals surface area contributed by atoms with Gasteiger partial charge >= 0.3 is 0 Å². The fourth-order valence-corrected chi connectivity index (χ4v) is 1.77. The molecule has 9 heavy (non-hydrogen) atoms. The molecule has 1 aliphatic rings. The van der Waals surface area contributed by atoms with Gasteiger partial charge in [0, 0.05) is 11.4 Å². The molecule has 0 aromatic rings. The van der Waals surface area contributed by atoms with Gasteiger partial charge in [-0.05, 0) is 12.8 Å². The highest BCUT2D eigenvalue weighted by Crippen LogP contribution is 2.24. The zero-order valence-corrected chi connectivity index (χ0v) is 7.36. The predicted octanol–water partition coefficient (Wildman–Crippen LogP) is 2.34. The van der Waals surface area contributed by atoms with Crippen LogP contribution in [0.2, 0.25) is 0 Å². The Balaban J connectivity index is 2.22. The van der Waals surface area contributed by atoms with Gasteiger partial charge in [-0.25, -0.2) is 0 Å². The Kier molecular flexibility index (Phi) is 2.99. The van der Waals surface area contributed by atoms with E-state index in [0.29, 0.717) is 10.9 Å². The molecule has 0 amide bonds. The topological polar surface area (TPSA) is 9.23 Å². The molecular weight excluding hydrogens is 180 g/mol. The summed E-state index contributed by atoms with van der Waals surface area (Å²) in [5.74, 6) is 0.